The van der Waals surface area contributed by atoms with Crippen LogP contribution in [0.25, 0.3) is 10.8 Å². The van der Waals surface area contributed by atoms with Crippen LogP contribution >= 0.6 is 0 Å². The average Bonchev–Trinajstić information content (AvgIpc) is 3.25. The topological polar surface area (TPSA) is 127 Å². The van der Waals surface area contributed by atoms with Gasteiger partial charge >= 0.3 is 0 Å². The molecule has 11 heteroatoms. The monoisotopic (exact) mass is 806 g/mol. The Labute approximate surface area is 342 Å². The Morgan fingerprint density at radius 3 is 1.19 bits per heavy atom. The van der Waals surface area contributed by atoms with Gasteiger partial charge in [-0.25, -0.2) is 13.3 Å². The Morgan fingerprint density at radius 2 is 0.814 bits per heavy atom. The molecule has 0 saturated heterocycles. The minimum Gasteiger partial charge on any atom is -0.457 e. The van der Waals surface area contributed by atoms with Crippen molar-refractivity contribution in [3.63, 3.8) is 0 Å². The SMILES string of the molecule is CCC(CC)c1ccc(Oc2ccc(S(=O)(=O)c3ccc(Oc4ccc(N5C(=O)c6ccc7c8c(ccc(c68)C5=O)C(=O)N(C(CC)CC)C7=O)cc4)cc3)cc2)cc1. The van der Waals surface area contributed by atoms with Crippen LogP contribution in [0.15, 0.2) is 131 Å². The van der Waals surface area contributed by atoms with Crippen molar-refractivity contribution in [1.29, 1.82) is 0 Å². The number of carbonyl (C=O) groups excluding carboxylic acids is 4. The largest absolute Gasteiger partial charge is 0.457 e. The van der Waals surface area contributed by atoms with E-state index in [0.29, 0.717) is 69.3 Å². The summed E-state index contributed by atoms with van der Waals surface area (Å²) in [4.78, 5) is 57.7. The Balaban J connectivity index is 0.952. The van der Waals surface area contributed by atoms with E-state index < -0.39 is 33.5 Å². The molecule has 0 atom stereocenters. The summed E-state index contributed by atoms with van der Waals surface area (Å²) in [6, 6.07) is 32.6. The van der Waals surface area contributed by atoms with Crippen LogP contribution < -0.4 is 14.4 Å². The molecular formula is C48H42N2O8S. The van der Waals surface area contributed by atoms with E-state index >= 15 is 0 Å². The molecule has 0 bridgehead atoms. The van der Waals surface area contributed by atoms with Crippen molar-refractivity contribution in [1.82, 2.24) is 4.90 Å². The van der Waals surface area contributed by atoms with Crippen LogP contribution in [0.4, 0.5) is 5.69 Å². The number of rotatable bonds is 13. The summed E-state index contributed by atoms with van der Waals surface area (Å²) in [6.45, 7) is 8.20. The van der Waals surface area contributed by atoms with E-state index in [1.165, 1.54) is 34.7 Å². The first kappa shape index (κ1) is 39.2. The van der Waals surface area contributed by atoms with Crippen LogP contribution in [0.2, 0.25) is 0 Å². The maximum absolute atomic E-state index is 13.9. The molecule has 10 nitrogen and oxygen atoms in total. The minimum atomic E-state index is -3.84. The van der Waals surface area contributed by atoms with E-state index in [-0.39, 0.29) is 27.0 Å². The first-order valence-corrected chi connectivity index (χ1v) is 21.3. The van der Waals surface area contributed by atoms with Gasteiger partial charge in [-0.2, -0.15) is 0 Å². The number of hydrogen-bond acceptors (Lipinski definition) is 8. The third kappa shape index (κ3) is 6.85. The number of carbonyl (C=O) groups is 4. The predicted molar refractivity (Wildman–Crippen MR) is 225 cm³/mol. The predicted octanol–water partition coefficient (Wildman–Crippen LogP) is 10.7. The molecule has 298 valence electrons. The van der Waals surface area contributed by atoms with Crippen molar-refractivity contribution < 1.29 is 37.1 Å². The van der Waals surface area contributed by atoms with Gasteiger partial charge in [0.1, 0.15) is 23.0 Å². The summed E-state index contributed by atoms with van der Waals surface area (Å²) < 4.78 is 38.9. The third-order valence-corrected chi connectivity index (χ3v) is 13.2. The minimum absolute atomic E-state index is 0.0886. The van der Waals surface area contributed by atoms with E-state index in [2.05, 4.69) is 26.0 Å². The summed E-state index contributed by atoms with van der Waals surface area (Å²) in [6.07, 6.45) is 3.35. The Hall–Kier alpha value is -6.59. The highest BCUT2D eigenvalue weighted by molar-refractivity contribution is 7.91. The van der Waals surface area contributed by atoms with Crippen LogP contribution in [-0.4, -0.2) is 43.0 Å². The fourth-order valence-corrected chi connectivity index (χ4v) is 9.39. The molecule has 0 saturated carbocycles. The zero-order valence-electron chi connectivity index (χ0n) is 33.1. The second kappa shape index (κ2) is 15.6. The molecule has 2 heterocycles. The van der Waals surface area contributed by atoms with Crippen molar-refractivity contribution in [2.24, 2.45) is 0 Å². The number of hydrogen-bond donors (Lipinski definition) is 0. The Bertz CT molecular complexity index is 2670. The lowest BCUT2D eigenvalue weighted by molar-refractivity contribution is 0.0528. The number of benzene rings is 6. The zero-order valence-corrected chi connectivity index (χ0v) is 33.9. The third-order valence-electron chi connectivity index (χ3n) is 11.4. The number of nitrogens with zero attached hydrogens (tertiary/aromatic N) is 2. The van der Waals surface area contributed by atoms with E-state index in [1.54, 1.807) is 72.8 Å². The van der Waals surface area contributed by atoms with Crippen molar-refractivity contribution in [2.75, 3.05) is 4.90 Å². The molecule has 0 unspecified atom stereocenters. The molecule has 0 aliphatic carbocycles. The number of sulfone groups is 1. The maximum atomic E-state index is 13.9. The van der Waals surface area contributed by atoms with Gasteiger partial charge in [0.15, 0.2) is 0 Å². The van der Waals surface area contributed by atoms with Crippen LogP contribution in [0.3, 0.4) is 0 Å². The van der Waals surface area contributed by atoms with Gasteiger partial charge in [0.2, 0.25) is 9.84 Å². The van der Waals surface area contributed by atoms with Gasteiger partial charge in [-0.15, -0.1) is 0 Å². The van der Waals surface area contributed by atoms with Crippen molar-refractivity contribution in [2.45, 2.75) is 75.1 Å². The Kier molecular flexibility index (Phi) is 10.4. The van der Waals surface area contributed by atoms with Gasteiger partial charge in [0.25, 0.3) is 23.6 Å². The highest BCUT2D eigenvalue weighted by Gasteiger charge is 2.41. The molecule has 0 spiro atoms. The number of anilines is 1. The standard InChI is InChI=1S/C48H42N2O8S/c1-5-29(6-2)30-9-13-33(14-10-30)57-35-17-21-37(22-18-35)59(55,56)38-23-19-36(20-24-38)58-34-15-11-32(12-16-34)50-47(53)41-27-25-39-43-40(26-28-42(44(41)43)48(50)54)46(52)49(45(39)51)31(7-3)8-4/h9-29,31H,5-8H2,1-4H3. The molecule has 4 amide bonds. The first-order chi connectivity index (χ1) is 28.5. The van der Waals surface area contributed by atoms with E-state index in [0.717, 1.165) is 17.7 Å². The van der Waals surface area contributed by atoms with Crippen molar-refractivity contribution in [3.05, 3.63) is 149 Å². The van der Waals surface area contributed by atoms with Crippen LogP contribution in [0, 0.1) is 0 Å². The molecule has 0 radical (unpaired) electrons. The summed E-state index contributed by atoms with van der Waals surface area (Å²) >= 11 is 0. The number of imide groups is 2. The smallest absolute Gasteiger partial charge is 0.265 e. The molecule has 59 heavy (non-hydrogen) atoms. The number of ether oxygens (including phenoxy) is 2. The lowest BCUT2D eigenvalue weighted by Gasteiger charge is -2.35. The molecular weight excluding hydrogens is 765 g/mol. The fraction of sp³-hybridized carbons (Fsp3) is 0.208. The van der Waals surface area contributed by atoms with Gasteiger partial charge in [0.05, 0.1) is 15.5 Å². The van der Waals surface area contributed by atoms with Gasteiger partial charge in [-0.05, 0) is 146 Å². The molecule has 2 aliphatic heterocycles. The molecule has 0 fully saturated rings. The second-order valence-corrected chi connectivity index (χ2v) is 16.6. The van der Waals surface area contributed by atoms with Gasteiger partial charge in [-0.1, -0.05) is 39.8 Å². The summed E-state index contributed by atoms with van der Waals surface area (Å²) in [7, 11) is -3.84. The van der Waals surface area contributed by atoms with Crippen LogP contribution in [0.1, 0.15) is 106 Å². The van der Waals surface area contributed by atoms with E-state index in [4.69, 9.17) is 9.47 Å². The maximum Gasteiger partial charge on any atom is 0.265 e. The molecule has 2 aliphatic rings. The molecule has 0 N–H and O–H groups in total. The van der Waals surface area contributed by atoms with Gasteiger partial charge < -0.3 is 9.47 Å². The zero-order chi connectivity index (χ0) is 41.6. The normalized spacial score (nSPS) is 13.9. The summed E-state index contributed by atoms with van der Waals surface area (Å²) in [5, 5.41) is 0.640. The lowest BCUT2D eigenvalue weighted by Crippen LogP contribution is -2.47. The number of amides is 4. The highest BCUT2D eigenvalue weighted by Crippen LogP contribution is 2.40. The van der Waals surface area contributed by atoms with Crippen molar-refractivity contribution >= 4 is 49.9 Å². The molecule has 6 aromatic carbocycles. The van der Waals surface area contributed by atoms with E-state index in [1.807, 2.05) is 26.0 Å². The van der Waals surface area contributed by atoms with Gasteiger partial charge in [-0.3, -0.25) is 24.1 Å². The average molecular weight is 807 g/mol. The molecule has 8 rings (SSSR count). The quantitative estimate of drug-likeness (QED) is 0.106. The highest BCUT2D eigenvalue weighted by atomic mass is 32.2. The first-order valence-electron chi connectivity index (χ1n) is 19.9. The Morgan fingerprint density at radius 1 is 0.458 bits per heavy atom. The van der Waals surface area contributed by atoms with Crippen molar-refractivity contribution in [3.8, 4) is 23.0 Å². The molecule has 6 aromatic rings. The van der Waals surface area contributed by atoms with Crippen LogP contribution in [0.5, 0.6) is 23.0 Å². The molecule has 0 aromatic heterocycles. The second-order valence-electron chi connectivity index (χ2n) is 14.7. The van der Waals surface area contributed by atoms with E-state index in [9.17, 15) is 27.6 Å². The van der Waals surface area contributed by atoms with Crippen LogP contribution in [-0.2, 0) is 9.84 Å². The van der Waals surface area contributed by atoms with Gasteiger partial charge in [0, 0.05) is 39.1 Å². The lowest BCUT2D eigenvalue weighted by atomic mass is 9.85. The summed E-state index contributed by atoms with van der Waals surface area (Å²) in [5.41, 5.74) is 2.58. The fourth-order valence-electron chi connectivity index (χ4n) is 8.13. The summed E-state index contributed by atoms with van der Waals surface area (Å²) in [5.74, 6) is 0.438.